The zero-order valence-electron chi connectivity index (χ0n) is 26.1. The van der Waals surface area contributed by atoms with Crippen LogP contribution in [0.2, 0.25) is 0 Å². The molecule has 14 heteroatoms. The molecule has 14 nitrogen and oxygen atoms in total. The van der Waals surface area contributed by atoms with Gasteiger partial charge in [0.25, 0.3) is 5.69 Å². The third-order valence-electron chi connectivity index (χ3n) is 7.14. The number of hydrogen-bond acceptors (Lipinski definition) is 9. The second-order valence-corrected chi connectivity index (χ2v) is 10.5. The van der Waals surface area contributed by atoms with Gasteiger partial charge in [0.15, 0.2) is 0 Å². The number of fused-ring (bicyclic) bond motifs is 1. The van der Waals surface area contributed by atoms with Crippen LogP contribution in [0.25, 0.3) is 11.0 Å². The number of benzene rings is 2. The standard InChI is InChI=1S/C24H32N4O4.C7H10O6/c1-4-26(5-2)13-14-27-23-12-9-20(28(29)30)18-22(23)25-24(27)17-19-7-10-21(11-8-19)32-16-15-31-6-3;1-7(6(12)13,2-4(8)9)3-5(10)11/h7-12,18H,4-6,13-17H2,1-3H3;2-3H2,1H3,(H,8,9)(H,10,11)(H,12,13). The van der Waals surface area contributed by atoms with Gasteiger partial charge < -0.3 is 34.3 Å². The van der Waals surface area contributed by atoms with Crippen LogP contribution < -0.4 is 4.74 Å². The summed E-state index contributed by atoms with van der Waals surface area (Å²) < 4.78 is 13.2. The van der Waals surface area contributed by atoms with Crippen LogP contribution in [0.5, 0.6) is 5.75 Å². The number of hydrogen-bond donors (Lipinski definition) is 3. The molecular weight excluding hydrogens is 588 g/mol. The highest BCUT2D eigenvalue weighted by atomic mass is 16.6. The Hall–Kier alpha value is -4.56. The second-order valence-electron chi connectivity index (χ2n) is 10.5. The normalized spacial score (nSPS) is 11.2. The zero-order chi connectivity index (χ0) is 33.6. The van der Waals surface area contributed by atoms with E-state index in [0.717, 1.165) is 55.8 Å². The van der Waals surface area contributed by atoms with Gasteiger partial charge in [-0.15, -0.1) is 0 Å². The summed E-state index contributed by atoms with van der Waals surface area (Å²) in [5, 5.41) is 36.5. The van der Waals surface area contributed by atoms with Crippen molar-refractivity contribution in [1.82, 2.24) is 14.5 Å². The van der Waals surface area contributed by atoms with Crippen molar-refractivity contribution in [2.75, 3.05) is 39.5 Å². The molecule has 0 fully saturated rings. The van der Waals surface area contributed by atoms with E-state index < -0.39 is 36.2 Å². The summed E-state index contributed by atoms with van der Waals surface area (Å²) in [4.78, 5) is 49.0. The van der Waals surface area contributed by atoms with E-state index in [0.29, 0.717) is 31.8 Å². The first-order valence-electron chi connectivity index (χ1n) is 14.7. The molecule has 3 aromatic rings. The van der Waals surface area contributed by atoms with Crippen molar-refractivity contribution in [2.45, 2.75) is 53.5 Å². The van der Waals surface area contributed by atoms with E-state index >= 15 is 0 Å². The fourth-order valence-corrected chi connectivity index (χ4v) is 4.58. The number of aliphatic carboxylic acids is 3. The summed E-state index contributed by atoms with van der Waals surface area (Å²) >= 11 is 0. The summed E-state index contributed by atoms with van der Waals surface area (Å²) in [5.41, 5.74) is 1.01. The molecule has 246 valence electrons. The van der Waals surface area contributed by atoms with Crippen molar-refractivity contribution in [3.63, 3.8) is 0 Å². The van der Waals surface area contributed by atoms with Crippen LogP contribution in [0.15, 0.2) is 42.5 Å². The third-order valence-corrected chi connectivity index (χ3v) is 7.14. The number of imidazole rings is 1. The molecule has 0 radical (unpaired) electrons. The number of nitro groups is 1. The molecule has 0 spiro atoms. The van der Waals surface area contributed by atoms with Gasteiger partial charge in [-0.3, -0.25) is 24.5 Å². The molecule has 0 aliphatic carbocycles. The van der Waals surface area contributed by atoms with Crippen LogP contribution in [-0.2, 0) is 32.1 Å². The number of likely N-dealkylation sites (N-methyl/N-ethyl adjacent to an activating group) is 1. The third kappa shape index (κ3) is 11.5. The van der Waals surface area contributed by atoms with E-state index in [-0.39, 0.29) is 10.6 Å². The van der Waals surface area contributed by atoms with Gasteiger partial charge in [0, 0.05) is 38.2 Å². The minimum atomic E-state index is -1.74. The number of nitrogens with zero attached hydrogens (tertiary/aromatic N) is 4. The van der Waals surface area contributed by atoms with Gasteiger partial charge in [-0.1, -0.05) is 26.0 Å². The maximum atomic E-state index is 11.2. The Balaban J connectivity index is 0.000000459. The number of non-ortho nitro benzene ring substituents is 1. The average molecular weight is 631 g/mol. The van der Waals surface area contributed by atoms with Crippen molar-refractivity contribution in [3.8, 4) is 5.75 Å². The molecule has 1 aromatic heterocycles. The van der Waals surface area contributed by atoms with Gasteiger partial charge >= 0.3 is 17.9 Å². The van der Waals surface area contributed by atoms with Crippen LogP contribution in [0.3, 0.4) is 0 Å². The lowest BCUT2D eigenvalue weighted by atomic mass is 9.83. The SMILES string of the molecule is CC(CC(=O)O)(CC(=O)O)C(=O)O.CCOCCOc1ccc(Cc2nc3cc([N+](=O)[O-])ccc3n2CCN(CC)CC)cc1. The Morgan fingerprint density at radius 1 is 0.978 bits per heavy atom. The molecule has 0 aliphatic rings. The lowest BCUT2D eigenvalue weighted by Gasteiger charge is -2.19. The summed E-state index contributed by atoms with van der Waals surface area (Å²) in [7, 11) is 0. The first-order chi connectivity index (χ1) is 21.3. The maximum absolute atomic E-state index is 11.2. The molecular formula is C31H42N4O10. The van der Waals surface area contributed by atoms with E-state index in [2.05, 4.69) is 23.3 Å². The van der Waals surface area contributed by atoms with E-state index in [1.54, 1.807) is 12.1 Å². The van der Waals surface area contributed by atoms with Crippen LogP contribution in [-0.4, -0.2) is 92.1 Å². The predicted octanol–water partition coefficient (Wildman–Crippen LogP) is 4.32. The Morgan fingerprint density at radius 3 is 2.11 bits per heavy atom. The van der Waals surface area contributed by atoms with Crippen LogP contribution >= 0.6 is 0 Å². The fourth-order valence-electron chi connectivity index (χ4n) is 4.58. The largest absolute Gasteiger partial charge is 0.491 e. The average Bonchev–Trinajstić information content (AvgIpc) is 3.32. The van der Waals surface area contributed by atoms with Crippen molar-refractivity contribution in [3.05, 3.63) is 64.0 Å². The Morgan fingerprint density at radius 2 is 1.60 bits per heavy atom. The number of rotatable bonds is 18. The second kappa shape index (κ2) is 17.7. The number of nitro benzene ring substituents is 1. The molecule has 1 heterocycles. The number of aromatic nitrogens is 2. The van der Waals surface area contributed by atoms with E-state index in [1.165, 1.54) is 0 Å². The summed E-state index contributed by atoms with van der Waals surface area (Å²) in [6.07, 6.45) is -0.761. The maximum Gasteiger partial charge on any atom is 0.310 e. The molecule has 2 aromatic carbocycles. The van der Waals surface area contributed by atoms with Crippen molar-refractivity contribution in [2.24, 2.45) is 5.41 Å². The van der Waals surface area contributed by atoms with Gasteiger partial charge in [0.05, 0.1) is 40.8 Å². The lowest BCUT2D eigenvalue weighted by Crippen LogP contribution is -2.32. The molecule has 0 amide bonds. The lowest BCUT2D eigenvalue weighted by molar-refractivity contribution is -0.384. The molecule has 45 heavy (non-hydrogen) atoms. The minimum Gasteiger partial charge on any atom is -0.491 e. The highest BCUT2D eigenvalue weighted by Gasteiger charge is 2.38. The first-order valence-corrected chi connectivity index (χ1v) is 14.7. The van der Waals surface area contributed by atoms with Crippen LogP contribution in [0, 0.1) is 15.5 Å². The highest BCUT2D eigenvalue weighted by molar-refractivity contribution is 5.85. The molecule has 0 saturated heterocycles. The quantitative estimate of drug-likeness (QED) is 0.102. The molecule has 0 unspecified atom stereocenters. The molecule has 3 rings (SSSR count). The number of ether oxygens (including phenoxy) is 2. The molecule has 0 saturated carbocycles. The van der Waals surface area contributed by atoms with Gasteiger partial charge in [-0.25, -0.2) is 4.98 Å². The van der Waals surface area contributed by atoms with Crippen LogP contribution in [0.4, 0.5) is 5.69 Å². The van der Waals surface area contributed by atoms with E-state index in [4.69, 9.17) is 29.8 Å². The highest BCUT2D eigenvalue weighted by Crippen LogP contribution is 2.26. The van der Waals surface area contributed by atoms with Crippen molar-refractivity contribution >= 4 is 34.6 Å². The first kappa shape index (κ1) is 36.6. The monoisotopic (exact) mass is 630 g/mol. The molecule has 3 N–H and O–H groups in total. The van der Waals surface area contributed by atoms with Crippen LogP contribution in [0.1, 0.15) is 51.9 Å². The van der Waals surface area contributed by atoms with Gasteiger partial charge in [-0.05, 0) is 50.7 Å². The summed E-state index contributed by atoms with van der Waals surface area (Å²) in [5.74, 6) is -2.37. The van der Waals surface area contributed by atoms with E-state index in [1.807, 2.05) is 37.3 Å². The van der Waals surface area contributed by atoms with Gasteiger partial charge in [-0.2, -0.15) is 0 Å². The molecule has 0 atom stereocenters. The summed E-state index contributed by atoms with van der Waals surface area (Å²) in [6, 6.07) is 12.9. The molecule has 0 aliphatic heterocycles. The smallest absolute Gasteiger partial charge is 0.310 e. The Bertz CT molecular complexity index is 1420. The number of carboxylic acid groups (broad SMARTS) is 3. The Kier molecular flexibility index (Phi) is 14.4. The van der Waals surface area contributed by atoms with E-state index in [9.17, 15) is 24.5 Å². The predicted molar refractivity (Wildman–Crippen MR) is 166 cm³/mol. The van der Waals surface area contributed by atoms with Gasteiger partial charge in [0.2, 0.25) is 0 Å². The number of carbonyl (C=O) groups is 3. The Labute approximate surface area is 261 Å². The van der Waals surface area contributed by atoms with Gasteiger partial charge in [0.1, 0.15) is 18.2 Å². The summed E-state index contributed by atoms with van der Waals surface area (Å²) in [6.45, 7) is 12.8. The fraction of sp³-hybridized carbons (Fsp3) is 0.484. The van der Waals surface area contributed by atoms with Crippen molar-refractivity contribution in [1.29, 1.82) is 0 Å². The zero-order valence-corrected chi connectivity index (χ0v) is 26.1. The minimum absolute atomic E-state index is 0.0611. The topological polar surface area (TPSA) is 195 Å². The van der Waals surface area contributed by atoms with Crippen molar-refractivity contribution < 1.29 is 44.1 Å². The number of carboxylic acids is 3. The molecule has 0 bridgehead atoms.